The highest BCUT2D eigenvalue weighted by molar-refractivity contribution is 5.26. The van der Waals surface area contributed by atoms with E-state index >= 15 is 0 Å². The van der Waals surface area contributed by atoms with Crippen molar-refractivity contribution in [1.29, 1.82) is 0 Å². The Kier molecular flexibility index (Phi) is 5.06. The molecule has 1 aliphatic rings. The van der Waals surface area contributed by atoms with Crippen molar-refractivity contribution in [3.63, 3.8) is 0 Å². The summed E-state index contributed by atoms with van der Waals surface area (Å²) in [5.41, 5.74) is 1.11. The molecule has 0 aliphatic heterocycles. The van der Waals surface area contributed by atoms with Crippen LogP contribution in [0.5, 0.6) is 5.75 Å². The quantitative estimate of drug-likeness (QED) is 0.857. The number of hydrogen-bond donors (Lipinski definition) is 2. The fourth-order valence-corrected chi connectivity index (χ4v) is 2.91. The molecule has 0 heterocycles. The van der Waals surface area contributed by atoms with Crippen molar-refractivity contribution >= 4 is 0 Å². The average Bonchev–Trinajstić information content (AvgIpc) is 2.31. The molecule has 1 saturated carbocycles. The molecule has 0 bridgehead atoms. The fraction of sp³-hybridized carbons (Fsp3) is 0.625. The summed E-state index contributed by atoms with van der Waals surface area (Å²) < 4.78 is 0. The van der Waals surface area contributed by atoms with Crippen molar-refractivity contribution in [3.05, 3.63) is 29.8 Å². The predicted octanol–water partition coefficient (Wildman–Crippen LogP) is 3.66. The van der Waals surface area contributed by atoms with E-state index in [1.54, 1.807) is 12.1 Å². The van der Waals surface area contributed by atoms with E-state index in [-0.39, 0.29) is 6.10 Å². The number of phenols is 1. The van der Waals surface area contributed by atoms with Gasteiger partial charge in [0.2, 0.25) is 0 Å². The van der Waals surface area contributed by atoms with Crippen LogP contribution in [0.1, 0.15) is 50.5 Å². The second-order valence-electron chi connectivity index (χ2n) is 5.54. The van der Waals surface area contributed by atoms with Gasteiger partial charge in [-0.1, -0.05) is 44.2 Å². The van der Waals surface area contributed by atoms with Gasteiger partial charge in [-0.05, 0) is 42.9 Å². The van der Waals surface area contributed by atoms with Crippen molar-refractivity contribution in [1.82, 2.24) is 0 Å². The molecule has 0 spiro atoms. The summed E-state index contributed by atoms with van der Waals surface area (Å²) in [6.45, 7) is 0. The Hall–Kier alpha value is -1.02. The van der Waals surface area contributed by atoms with E-state index in [1.165, 1.54) is 44.9 Å². The zero-order valence-electron chi connectivity index (χ0n) is 11.0. The van der Waals surface area contributed by atoms with Gasteiger partial charge in [0.15, 0.2) is 0 Å². The number of aliphatic hydroxyl groups is 1. The first-order chi connectivity index (χ1) is 8.75. The van der Waals surface area contributed by atoms with Crippen LogP contribution in [-0.2, 0) is 6.42 Å². The van der Waals surface area contributed by atoms with E-state index in [1.807, 2.05) is 12.1 Å². The number of hydrogen-bond acceptors (Lipinski definition) is 2. The molecule has 0 saturated heterocycles. The van der Waals surface area contributed by atoms with E-state index in [2.05, 4.69) is 0 Å². The van der Waals surface area contributed by atoms with Crippen LogP contribution in [0.2, 0.25) is 0 Å². The first kappa shape index (κ1) is 13.4. The summed E-state index contributed by atoms with van der Waals surface area (Å²) in [6, 6.07) is 7.20. The van der Waals surface area contributed by atoms with Gasteiger partial charge < -0.3 is 10.2 Å². The minimum Gasteiger partial charge on any atom is -0.508 e. The molecule has 0 radical (unpaired) electrons. The third kappa shape index (κ3) is 4.02. The van der Waals surface area contributed by atoms with Crippen LogP contribution in [0.25, 0.3) is 0 Å². The highest BCUT2D eigenvalue weighted by atomic mass is 16.3. The number of aromatic hydroxyl groups is 1. The Labute approximate surface area is 110 Å². The van der Waals surface area contributed by atoms with E-state index in [0.717, 1.165) is 5.56 Å². The molecule has 1 aromatic rings. The Morgan fingerprint density at radius 1 is 0.944 bits per heavy atom. The van der Waals surface area contributed by atoms with Crippen LogP contribution in [0, 0.1) is 5.92 Å². The van der Waals surface area contributed by atoms with Crippen LogP contribution in [0.4, 0.5) is 0 Å². The minimum atomic E-state index is -0.229. The lowest BCUT2D eigenvalue weighted by Crippen LogP contribution is -2.23. The van der Waals surface area contributed by atoms with Crippen molar-refractivity contribution in [3.8, 4) is 5.75 Å². The van der Waals surface area contributed by atoms with Gasteiger partial charge in [-0.15, -0.1) is 0 Å². The largest absolute Gasteiger partial charge is 0.508 e. The molecule has 1 fully saturated rings. The Morgan fingerprint density at radius 3 is 2.11 bits per heavy atom. The van der Waals surface area contributed by atoms with Crippen molar-refractivity contribution < 1.29 is 10.2 Å². The zero-order valence-corrected chi connectivity index (χ0v) is 11.0. The third-order valence-electron chi connectivity index (χ3n) is 4.08. The number of phenolic OH excluding ortho intramolecular Hbond substituents is 1. The summed E-state index contributed by atoms with van der Waals surface area (Å²) in [7, 11) is 0. The van der Waals surface area contributed by atoms with Gasteiger partial charge >= 0.3 is 0 Å². The molecule has 0 aromatic heterocycles. The molecular weight excluding hydrogens is 224 g/mol. The van der Waals surface area contributed by atoms with Gasteiger partial charge in [0.25, 0.3) is 0 Å². The predicted molar refractivity (Wildman–Crippen MR) is 73.6 cm³/mol. The highest BCUT2D eigenvalue weighted by Gasteiger charge is 2.20. The maximum atomic E-state index is 10.4. The van der Waals surface area contributed by atoms with Crippen molar-refractivity contribution in [2.45, 2.75) is 57.5 Å². The van der Waals surface area contributed by atoms with E-state index in [9.17, 15) is 10.2 Å². The third-order valence-corrected chi connectivity index (χ3v) is 4.08. The number of rotatable bonds is 3. The molecule has 2 N–H and O–H groups in total. The van der Waals surface area contributed by atoms with Gasteiger partial charge in [-0.2, -0.15) is 0 Å². The second kappa shape index (κ2) is 6.79. The monoisotopic (exact) mass is 248 g/mol. The summed E-state index contributed by atoms with van der Waals surface area (Å²) in [5.74, 6) is 0.748. The van der Waals surface area contributed by atoms with Gasteiger partial charge in [-0.3, -0.25) is 0 Å². The van der Waals surface area contributed by atoms with Crippen LogP contribution in [-0.4, -0.2) is 16.3 Å². The molecule has 100 valence electrons. The molecule has 0 amide bonds. The van der Waals surface area contributed by atoms with E-state index in [4.69, 9.17) is 0 Å². The Morgan fingerprint density at radius 2 is 1.50 bits per heavy atom. The molecule has 1 unspecified atom stereocenters. The maximum Gasteiger partial charge on any atom is 0.115 e. The van der Waals surface area contributed by atoms with E-state index in [0.29, 0.717) is 18.1 Å². The van der Waals surface area contributed by atoms with Crippen molar-refractivity contribution in [2.24, 2.45) is 5.92 Å². The lowest BCUT2D eigenvalue weighted by molar-refractivity contribution is 0.0913. The van der Waals surface area contributed by atoms with Gasteiger partial charge in [0.1, 0.15) is 5.75 Å². The molecule has 1 atom stereocenters. The first-order valence-electron chi connectivity index (χ1n) is 7.21. The first-order valence-corrected chi connectivity index (χ1v) is 7.21. The summed E-state index contributed by atoms with van der Waals surface area (Å²) in [4.78, 5) is 0. The van der Waals surface area contributed by atoms with Crippen molar-refractivity contribution in [2.75, 3.05) is 0 Å². The summed E-state index contributed by atoms with van der Waals surface area (Å²) >= 11 is 0. The molecule has 2 heteroatoms. The fourth-order valence-electron chi connectivity index (χ4n) is 2.91. The lowest BCUT2D eigenvalue weighted by Gasteiger charge is -2.25. The molecule has 1 aliphatic carbocycles. The Balaban J connectivity index is 1.89. The van der Waals surface area contributed by atoms with Crippen LogP contribution in [0.3, 0.4) is 0 Å². The molecule has 1 aromatic carbocycles. The topological polar surface area (TPSA) is 40.5 Å². The molecule has 18 heavy (non-hydrogen) atoms. The van der Waals surface area contributed by atoms with Crippen LogP contribution >= 0.6 is 0 Å². The van der Waals surface area contributed by atoms with E-state index < -0.39 is 0 Å². The van der Waals surface area contributed by atoms with Crippen LogP contribution in [0.15, 0.2) is 24.3 Å². The standard InChI is InChI=1S/C16H24O2/c17-15-10-8-13(9-11-15)12-16(18)14-6-4-2-1-3-5-7-14/h8-11,14,16-18H,1-7,12H2. The second-order valence-corrected chi connectivity index (χ2v) is 5.54. The average molecular weight is 248 g/mol. The summed E-state index contributed by atoms with van der Waals surface area (Å²) in [6.07, 6.45) is 9.34. The van der Waals surface area contributed by atoms with Crippen LogP contribution < -0.4 is 0 Å². The smallest absolute Gasteiger partial charge is 0.115 e. The Bertz CT molecular complexity index is 337. The minimum absolute atomic E-state index is 0.229. The maximum absolute atomic E-state index is 10.4. The van der Waals surface area contributed by atoms with Gasteiger partial charge in [-0.25, -0.2) is 0 Å². The normalized spacial score (nSPS) is 20.1. The number of aliphatic hydroxyl groups excluding tert-OH is 1. The SMILES string of the molecule is Oc1ccc(CC(O)C2CCCCCCC2)cc1. The molecule has 2 rings (SSSR count). The molecule has 2 nitrogen and oxygen atoms in total. The highest BCUT2D eigenvalue weighted by Crippen LogP contribution is 2.26. The molecular formula is C16H24O2. The van der Waals surface area contributed by atoms with Gasteiger partial charge in [0.05, 0.1) is 6.10 Å². The zero-order chi connectivity index (χ0) is 12.8. The number of benzene rings is 1. The lowest BCUT2D eigenvalue weighted by atomic mass is 9.85. The van der Waals surface area contributed by atoms with Gasteiger partial charge in [0, 0.05) is 0 Å². The summed E-state index contributed by atoms with van der Waals surface area (Å²) in [5, 5.41) is 19.6.